The molecule has 0 saturated heterocycles. The maximum absolute atomic E-state index is 13.0. The number of aryl methyl sites for hydroxylation is 1. The van der Waals surface area contributed by atoms with Crippen molar-refractivity contribution in [3.05, 3.63) is 42.0 Å². The number of halogens is 2. The molecular weight excluding hydrogens is 344 g/mol. The van der Waals surface area contributed by atoms with Gasteiger partial charge < -0.3 is 9.88 Å². The minimum Gasteiger partial charge on any atom is -0.310 e. The highest BCUT2D eigenvalue weighted by molar-refractivity contribution is 6.04. The minimum absolute atomic E-state index is 0.129. The van der Waals surface area contributed by atoms with Crippen LogP contribution in [0.4, 0.5) is 14.6 Å². The van der Waals surface area contributed by atoms with E-state index in [0.717, 1.165) is 0 Å². The summed E-state index contributed by atoms with van der Waals surface area (Å²) < 4.78 is 29.1. The van der Waals surface area contributed by atoms with Crippen LogP contribution < -0.4 is 5.32 Å². The van der Waals surface area contributed by atoms with Crippen molar-refractivity contribution in [3.8, 4) is 11.5 Å². The lowest BCUT2D eigenvalue weighted by Crippen LogP contribution is -2.14. The summed E-state index contributed by atoms with van der Waals surface area (Å²) in [5, 5.41) is 14.1. The number of aromatic nitrogens is 6. The Labute approximate surface area is 147 Å². The highest BCUT2D eigenvalue weighted by Crippen LogP contribution is 2.23. The molecule has 26 heavy (non-hydrogen) atoms. The number of alkyl halides is 2. The standard InChI is InChI=1S/C16H17F2N7O/c1-9(2)25-8-19-22-15(25)11-5-4-6-12(20-11)21-16(26)10-7-24(3)23-13(10)14(17)18/h4-9,14H,1-3H3,(H,20,21,26). The number of nitrogens with zero attached hydrogens (tertiary/aromatic N) is 6. The first-order chi connectivity index (χ1) is 12.4. The summed E-state index contributed by atoms with van der Waals surface area (Å²) in [5.74, 6) is 0.0593. The lowest BCUT2D eigenvalue weighted by atomic mass is 10.2. The Morgan fingerprint density at radius 1 is 1.27 bits per heavy atom. The van der Waals surface area contributed by atoms with Crippen LogP contribution in [-0.2, 0) is 7.05 Å². The number of rotatable bonds is 5. The van der Waals surface area contributed by atoms with Crippen molar-refractivity contribution >= 4 is 11.7 Å². The number of carbonyl (C=O) groups excluding carboxylic acids is 1. The molecule has 0 aliphatic carbocycles. The van der Waals surface area contributed by atoms with Crippen molar-refractivity contribution in [3.63, 3.8) is 0 Å². The Hall–Kier alpha value is -3.17. The topological polar surface area (TPSA) is 90.5 Å². The van der Waals surface area contributed by atoms with Crippen LogP contribution in [0.1, 0.15) is 42.4 Å². The van der Waals surface area contributed by atoms with Crippen molar-refractivity contribution in [2.75, 3.05) is 5.32 Å². The molecule has 10 heteroatoms. The molecule has 0 atom stereocenters. The predicted molar refractivity (Wildman–Crippen MR) is 89.8 cm³/mol. The number of hydrogen-bond donors (Lipinski definition) is 1. The van der Waals surface area contributed by atoms with Crippen molar-refractivity contribution in [2.24, 2.45) is 7.05 Å². The first kappa shape index (κ1) is 17.6. The van der Waals surface area contributed by atoms with Crippen LogP contribution in [0.3, 0.4) is 0 Å². The summed E-state index contributed by atoms with van der Waals surface area (Å²) in [7, 11) is 1.47. The number of nitrogens with one attached hydrogen (secondary N) is 1. The van der Waals surface area contributed by atoms with Crippen LogP contribution in [0, 0.1) is 0 Å². The van der Waals surface area contributed by atoms with Crippen molar-refractivity contribution in [2.45, 2.75) is 26.3 Å². The third kappa shape index (κ3) is 3.44. The molecule has 0 aliphatic heterocycles. The van der Waals surface area contributed by atoms with Gasteiger partial charge in [-0.2, -0.15) is 5.10 Å². The molecule has 8 nitrogen and oxygen atoms in total. The Morgan fingerprint density at radius 2 is 2.04 bits per heavy atom. The molecule has 1 amide bonds. The van der Waals surface area contributed by atoms with Gasteiger partial charge in [-0.25, -0.2) is 13.8 Å². The first-order valence-electron chi connectivity index (χ1n) is 7.86. The van der Waals surface area contributed by atoms with Crippen molar-refractivity contribution < 1.29 is 13.6 Å². The number of hydrogen-bond acceptors (Lipinski definition) is 5. The van der Waals surface area contributed by atoms with Crippen LogP contribution in [0.5, 0.6) is 0 Å². The van der Waals surface area contributed by atoms with Gasteiger partial charge in [0.2, 0.25) is 0 Å². The average Bonchev–Trinajstić information content (AvgIpc) is 3.21. The number of pyridine rings is 1. The quantitative estimate of drug-likeness (QED) is 0.755. The van der Waals surface area contributed by atoms with E-state index in [1.165, 1.54) is 17.9 Å². The number of carbonyl (C=O) groups is 1. The summed E-state index contributed by atoms with van der Waals surface area (Å²) in [6.45, 7) is 3.96. The average molecular weight is 361 g/mol. The van der Waals surface area contributed by atoms with Gasteiger partial charge in [0, 0.05) is 19.3 Å². The number of amides is 1. The maximum atomic E-state index is 13.0. The normalized spacial score (nSPS) is 11.3. The van der Waals surface area contributed by atoms with E-state index in [0.29, 0.717) is 11.5 Å². The second-order valence-electron chi connectivity index (χ2n) is 5.92. The molecule has 0 aromatic carbocycles. The van der Waals surface area contributed by atoms with Gasteiger partial charge in [-0.05, 0) is 26.0 Å². The molecule has 0 unspecified atom stereocenters. The molecule has 0 saturated carbocycles. The highest BCUT2D eigenvalue weighted by atomic mass is 19.3. The molecule has 0 spiro atoms. The predicted octanol–water partition coefficient (Wildman–Crippen LogP) is 2.84. The van der Waals surface area contributed by atoms with E-state index in [9.17, 15) is 13.6 Å². The van der Waals surface area contributed by atoms with Crippen LogP contribution in [-0.4, -0.2) is 35.4 Å². The third-order valence-electron chi connectivity index (χ3n) is 3.66. The van der Waals surface area contributed by atoms with E-state index >= 15 is 0 Å². The monoisotopic (exact) mass is 361 g/mol. The molecular formula is C16H17F2N7O. The fourth-order valence-electron chi connectivity index (χ4n) is 2.46. The zero-order valence-corrected chi connectivity index (χ0v) is 14.4. The molecule has 3 rings (SSSR count). The second kappa shape index (κ2) is 6.98. The van der Waals surface area contributed by atoms with Gasteiger partial charge in [0.05, 0.1) is 5.56 Å². The minimum atomic E-state index is -2.85. The molecule has 3 aromatic rings. The Kier molecular flexibility index (Phi) is 4.74. The summed E-state index contributed by atoms with van der Waals surface area (Å²) >= 11 is 0. The van der Waals surface area contributed by atoms with E-state index in [-0.39, 0.29) is 17.4 Å². The molecule has 136 valence electrons. The second-order valence-corrected chi connectivity index (χ2v) is 5.92. The van der Waals surface area contributed by atoms with E-state index in [4.69, 9.17) is 0 Å². The molecule has 3 heterocycles. The fourth-order valence-corrected chi connectivity index (χ4v) is 2.46. The van der Waals surface area contributed by atoms with Gasteiger partial charge in [-0.3, -0.25) is 9.48 Å². The smallest absolute Gasteiger partial charge is 0.282 e. The van der Waals surface area contributed by atoms with E-state index in [1.54, 1.807) is 24.5 Å². The van der Waals surface area contributed by atoms with Gasteiger partial charge >= 0.3 is 0 Å². The Morgan fingerprint density at radius 3 is 2.73 bits per heavy atom. The van der Waals surface area contributed by atoms with Crippen LogP contribution >= 0.6 is 0 Å². The van der Waals surface area contributed by atoms with Gasteiger partial charge in [0.15, 0.2) is 5.82 Å². The van der Waals surface area contributed by atoms with Gasteiger partial charge in [-0.1, -0.05) is 6.07 Å². The van der Waals surface area contributed by atoms with Crippen LogP contribution in [0.15, 0.2) is 30.7 Å². The Balaban J connectivity index is 1.88. The highest BCUT2D eigenvalue weighted by Gasteiger charge is 2.23. The summed E-state index contributed by atoms with van der Waals surface area (Å²) in [5.41, 5.74) is -0.255. The lowest BCUT2D eigenvalue weighted by molar-refractivity contribution is 0.101. The van der Waals surface area contributed by atoms with Gasteiger partial charge in [-0.15, -0.1) is 10.2 Å². The molecule has 0 radical (unpaired) electrons. The van der Waals surface area contributed by atoms with E-state index in [2.05, 4.69) is 25.6 Å². The zero-order chi connectivity index (χ0) is 18.8. The summed E-state index contributed by atoms with van der Waals surface area (Å²) in [6.07, 6.45) is -0.00562. The lowest BCUT2D eigenvalue weighted by Gasteiger charge is -2.10. The maximum Gasteiger partial charge on any atom is 0.282 e. The molecule has 0 aliphatic rings. The van der Waals surface area contributed by atoms with Crippen molar-refractivity contribution in [1.29, 1.82) is 0 Å². The summed E-state index contributed by atoms with van der Waals surface area (Å²) in [4.78, 5) is 16.7. The first-order valence-corrected chi connectivity index (χ1v) is 7.86. The van der Waals surface area contributed by atoms with E-state index < -0.39 is 18.0 Å². The number of anilines is 1. The zero-order valence-electron chi connectivity index (χ0n) is 14.4. The third-order valence-corrected chi connectivity index (χ3v) is 3.66. The molecule has 0 bridgehead atoms. The molecule has 0 fully saturated rings. The van der Waals surface area contributed by atoms with Gasteiger partial charge in [0.1, 0.15) is 23.5 Å². The van der Waals surface area contributed by atoms with Crippen molar-refractivity contribution in [1.82, 2.24) is 29.5 Å². The largest absolute Gasteiger partial charge is 0.310 e. The summed E-state index contributed by atoms with van der Waals surface area (Å²) in [6, 6.07) is 5.11. The van der Waals surface area contributed by atoms with Crippen LogP contribution in [0.25, 0.3) is 11.5 Å². The van der Waals surface area contributed by atoms with E-state index in [1.807, 2.05) is 18.4 Å². The fraction of sp³-hybridized carbons (Fsp3) is 0.312. The van der Waals surface area contributed by atoms with Gasteiger partial charge in [0.25, 0.3) is 12.3 Å². The Bertz CT molecular complexity index is 932. The van der Waals surface area contributed by atoms with Crippen LogP contribution in [0.2, 0.25) is 0 Å². The molecule has 1 N–H and O–H groups in total. The molecule has 3 aromatic heterocycles. The SMILES string of the molecule is CC(C)n1cnnc1-c1cccc(NC(=O)c2cn(C)nc2C(F)F)n1.